The number of hydrogen-bond acceptors (Lipinski definition) is 6. The molecule has 0 spiro atoms. The summed E-state index contributed by atoms with van der Waals surface area (Å²) in [4.78, 5) is 17.3. The predicted molar refractivity (Wildman–Crippen MR) is 130 cm³/mol. The van der Waals surface area contributed by atoms with Crippen molar-refractivity contribution in [3.63, 3.8) is 0 Å². The van der Waals surface area contributed by atoms with Gasteiger partial charge in [0.25, 0.3) is 0 Å². The summed E-state index contributed by atoms with van der Waals surface area (Å²) in [6, 6.07) is 18.7. The second-order valence-electron chi connectivity index (χ2n) is 8.45. The first-order chi connectivity index (χ1) is 16.2. The van der Waals surface area contributed by atoms with Gasteiger partial charge in [-0.25, -0.2) is 0 Å². The van der Waals surface area contributed by atoms with Crippen LogP contribution in [0.2, 0.25) is 0 Å². The highest BCUT2D eigenvalue weighted by Crippen LogP contribution is 2.34. The molecule has 1 atom stereocenters. The van der Waals surface area contributed by atoms with Crippen molar-refractivity contribution in [2.45, 2.75) is 30.5 Å². The highest BCUT2D eigenvalue weighted by molar-refractivity contribution is 7.99. The monoisotopic (exact) mass is 463 g/mol. The fraction of sp³-hybridized carbons (Fsp3) is 0.400. The van der Waals surface area contributed by atoms with E-state index >= 15 is 0 Å². The van der Waals surface area contributed by atoms with Crippen LogP contribution in [0.25, 0.3) is 5.69 Å². The van der Waals surface area contributed by atoms with Gasteiger partial charge in [0, 0.05) is 20.1 Å². The Bertz CT molecular complexity index is 1100. The molecule has 0 bridgehead atoms. The number of hydrogen-bond donors (Lipinski definition) is 0. The number of benzene rings is 2. The van der Waals surface area contributed by atoms with Crippen molar-refractivity contribution in [1.82, 2.24) is 19.7 Å². The van der Waals surface area contributed by atoms with Gasteiger partial charge in [0.2, 0.25) is 11.9 Å². The molecule has 0 N–H and O–H groups in total. The van der Waals surface area contributed by atoms with Crippen LogP contribution in [-0.4, -0.2) is 64.7 Å². The van der Waals surface area contributed by atoms with Crippen molar-refractivity contribution in [3.8, 4) is 5.69 Å². The van der Waals surface area contributed by atoms with Gasteiger partial charge in [-0.2, -0.15) is 0 Å². The van der Waals surface area contributed by atoms with Crippen molar-refractivity contribution < 1.29 is 9.53 Å². The molecule has 0 saturated carbocycles. The van der Waals surface area contributed by atoms with Crippen molar-refractivity contribution in [2.24, 2.45) is 0 Å². The SMILES string of the molecule is CN(C(=O)CSc1nnc(N2CCOCC2)n1-c1ccccc1)C1CCCc2ccccc21. The molecule has 1 aliphatic heterocycles. The Hall–Kier alpha value is -2.84. The Balaban J connectivity index is 1.34. The van der Waals surface area contributed by atoms with E-state index in [9.17, 15) is 4.79 Å². The molecule has 2 aliphatic rings. The summed E-state index contributed by atoms with van der Waals surface area (Å²) < 4.78 is 7.56. The zero-order valence-electron chi connectivity index (χ0n) is 18.9. The largest absolute Gasteiger partial charge is 0.378 e. The molecule has 7 nitrogen and oxygen atoms in total. The minimum absolute atomic E-state index is 0.109. The van der Waals surface area contributed by atoms with Gasteiger partial charge >= 0.3 is 0 Å². The average Bonchev–Trinajstić information content (AvgIpc) is 3.31. The first-order valence-corrected chi connectivity index (χ1v) is 12.5. The molecule has 33 heavy (non-hydrogen) atoms. The second kappa shape index (κ2) is 9.97. The van der Waals surface area contributed by atoms with Crippen LogP contribution in [0.4, 0.5) is 5.95 Å². The molecule has 1 fully saturated rings. The lowest BCUT2D eigenvalue weighted by atomic mass is 9.87. The van der Waals surface area contributed by atoms with Crippen molar-refractivity contribution in [3.05, 3.63) is 65.7 Å². The van der Waals surface area contributed by atoms with E-state index in [1.165, 1.54) is 22.9 Å². The number of para-hydroxylation sites is 1. The van der Waals surface area contributed by atoms with E-state index in [1.807, 2.05) is 42.3 Å². The Kier molecular flexibility index (Phi) is 6.64. The van der Waals surface area contributed by atoms with E-state index in [-0.39, 0.29) is 11.9 Å². The molecular formula is C25H29N5O2S. The molecule has 1 aliphatic carbocycles. The van der Waals surface area contributed by atoms with Crippen LogP contribution in [0.3, 0.4) is 0 Å². The molecule has 1 amide bonds. The number of fused-ring (bicyclic) bond motifs is 1. The van der Waals surface area contributed by atoms with Gasteiger partial charge in [0.1, 0.15) is 0 Å². The second-order valence-corrected chi connectivity index (χ2v) is 9.40. The average molecular weight is 464 g/mol. The van der Waals surface area contributed by atoms with Gasteiger partial charge in [0.05, 0.1) is 30.7 Å². The summed E-state index contributed by atoms with van der Waals surface area (Å²) in [6.07, 6.45) is 3.21. The summed E-state index contributed by atoms with van der Waals surface area (Å²) in [5, 5.41) is 9.70. The number of carbonyl (C=O) groups is 1. The molecule has 2 heterocycles. The molecule has 8 heteroatoms. The summed E-state index contributed by atoms with van der Waals surface area (Å²) in [5.74, 6) is 1.23. The third-order valence-corrected chi connectivity index (χ3v) is 7.36. The number of amides is 1. The van der Waals surface area contributed by atoms with E-state index in [4.69, 9.17) is 4.74 Å². The van der Waals surface area contributed by atoms with E-state index in [2.05, 4.69) is 43.9 Å². The van der Waals surface area contributed by atoms with Crippen LogP contribution in [-0.2, 0) is 16.0 Å². The number of aromatic nitrogens is 3. The minimum atomic E-state index is 0.109. The van der Waals surface area contributed by atoms with Crippen LogP contribution in [0, 0.1) is 0 Å². The van der Waals surface area contributed by atoms with Gasteiger partial charge in [0.15, 0.2) is 5.16 Å². The van der Waals surface area contributed by atoms with Gasteiger partial charge in [-0.05, 0) is 42.5 Å². The maximum absolute atomic E-state index is 13.2. The molecule has 172 valence electrons. The number of thioether (sulfide) groups is 1. The van der Waals surface area contributed by atoms with Gasteiger partial charge in [-0.1, -0.05) is 54.2 Å². The lowest BCUT2D eigenvalue weighted by molar-refractivity contribution is -0.129. The molecule has 1 saturated heterocycles. The topological polar surface area (TPSA) is 63.5 Å². The maximum atomic E-state index is 13.2. The molecule has 1 aromatic heterocycles. The Morgan fingerprint density at radius 2 is 1.85 bits per heavy atom. The zero-order chi connectivity index (χ0) is 22.6. The van der Waals surface area contributed by atoms with E-state index < -0.39 is 0 Å². The number of ether oxygens (including phenoxy) is 1. The van der Waals surface area contributed by atoms with Crippen LogP contribution in [0.1, 0.15) is 30.0 Å². The number of rotatable bonds is 6. The van der Waals surface area contributed by atoms with E-state index in [0.29, 0.717) is 19.0 Å². The molecule has 2 aromatic carbocycles. The van der Waals surface area contributed by atoms with Crippen LogP contribution >= 0.6 is 11.8 Å². The highest BCUT2D eigenvalue weighted by Gasteiger charge is 2.27. The molecular weight excluding hydrogens is 434 g/mol. The van der Waals surface area contributed by atoms with Crippen LogP contribution < -0.4 is 4.90 Å². The number of carbonyl (C=O) groups excluding carboxylic acids is 1. The number of nitrogens with zero attached hydrogens (tertiary/aromatic N) is 5. The van der Waals surface area contributed by atoms with Gasteiger partial charge < -0.3 is 14.5 Å². The van der Waals surface area contributed by atoms with Crippen molar-refractivity contribution in [2.75, 3.05) is 44.0 Å². The zero-order valence-corrected chi connectivity index (χ0v) is 19.7. The third-order valence-electron chi connectivity index (χ3n) is 6.45. The number of aryl methyl sites for hydroxylation is 1. The maximum Gasteiger partial charge on any atom is 0.233 e. The standard InChI is InChI=1S/C25H29N5O2S/c1-28(22-13-7-9-19-8-5-6-12-21(19)22)23(31)18-33-25-27-26-24(29-14-16-32-17-15-29)30(25)20-10-3-2-4-11-20/h2-6,8,10-12,22H,7,9,13-18H2,1H3. The Morgan fingerprint density at radius 3 is 2.67 bits per heavy atom. The lowest BCUT2D eigenvalue weighted by Crippen LogP contribution is -2.38. The Morgan fingerprint density at radius 1 is 1.09 bits per heavy atom. The summed E-state index contributed by atoms with van der Waals surface area (Å²) in [6.45, 7) is 2.91. The lowest BCUT2D eigenvalue weighted by Gasteiger charge is -2.33. The fourth-order valence-corrected chi connectivity index (χ4v) is 5.53. The van der Waals surface area contributed by atoms with Crippen molar-refractivity contribution in [1.29, 1.82) is 0 Å². The summed E-state index contributed by atoms with van der Waals surface area (Å²) >= 11 is 1.45. The summed E-state index contributed by atoms with van der Waals surface area (Å²) in [7, 11) is 1.93. The van der Waals surface area contributed by atoms with Crippen molar-refractivity contribution >= 4 is 23.6 Å². The highest BCUT2D eigenvalue weighted by atomic mass is 32.2. The first kappa shape index (κ1) is 22.0. The minimum Gasteiger partial charge on any atom is -0.378 e. The normalized spacial score (nSPS) is 18.1. The smallest absolute Gasteiger partial charge is 0.233 e. The van der Waals surface area contributed by atoms with E-state index in [0.717, 1.165) is 49.1 Å². The van der Waals surface area contributed by atoms with Gasteiger partial charge in [-0.15, -0.1) is 10.2 Å². The number of morpholine rings is 1. The third kappa shape index (κ3) is 4.63. The molecule has 0 radical (unpaired) electrons. The Labute approximate surface area is 198 Å². The van der Waals surface area contributed by atoms with Crippen LogP contribution in [0.5, 0.6) is 0 Å². The molecule has 5 rings (SSSR count). The van der Waals surface area contributed by atoms with E-state index in [1.54, 1.807) is 0 Å². The molecule has 3 aromatic rings. The van der Waals surface area contributed by atoms with Gasteiger partial charge in [-0.3, -0.25) is 9.36 Å². The fourth-order valence-electron chi connectivity index (χ4n) is 4.66. The number of anilines is 1. The predicted octanol–water partition coefficient (Wildman–Crippen LogP) is 3.73. The summed E-state index contributed by atoms with van der Waals surface area (Å²) in [5.41, 5.74) is 3.64. The molecule has 1 unspecified atom stereocenters. The van der Waals surface area contributed by atoms with Crippen LogP contribution in [0.15, 0.2) is 59.8 Å². The first-order valence-electron chi connectivity index (χ1n) is 11.5. The quantitative estimate of drug-likeness (QED) is 0.519.